The van der Waals surface area contributed by atoms with Gasteiger partial charge in [-0.3, -0.25) is 0 Å². The highest BCUT2D eigenvalue weighted by atomic mass is 15.1. The van der Waals surface area contributed by atoms with E-state index in [4.69, 9.17) is 0 Å². The molecule has 1 aromatic rings. The predicted octanol–water partition coefficient (Wildman–Crippen LogP) is 6.82. The molecular weight excluding hydrogens is 302 g/mol. The standard InChI is InChI=1S/C24H41N/c1-4-6-7-8-9-10-23(5-2)24-13-11-22(12-14-24)17-20-25-18-15-21(3)16-19-25/h11-14,21,23H,4-10,15-20H2,1-3H3. The Bertz CT molecular complexity index is 442. The summed E-state index contributed by atoms with van der Waals surface area (Å²) >= 11 is 0. The van der Waals surface area contributed by atoms with Gasteiger partial charge in [0.25, 0.3) is 0 Å². The van der Waals surface area contributed by atoms with Crippen molar-refractivity contribution in [2.24, 2.45) is 5.92 Å². The van der Waals surface area contributed by atoms with E-state index in [-0.39, 0.29) is 0 Å². The highest BCUT2D eigenvalue weighted by Gasteiger charge is 2.15. The molecule has 0 bridgehead atoms. The first-order valence-electron chi connectivity index (χ1n) is 11.0. The smallest absolute Gasteiger partial charge is 0.00218 e. The lowest BCUT2D eigenvalue weighted by molar-refractivity contribution is 0.194. The van der Waals surface area contributed by atoms with Crippen LogP contribution in [0.1, 0.15) is 95.6 Å². The van der Waals surface area contributed by atoms with Crippen molar-refractivity contribution in [2.45, 2.75) is 90.9 Å². The van der Waals surface area contributed by atoms with Gasteiger partial charge in [-0.15, -0.1) is 0 Å². The molecule has 1 aliphatic heterocycles. The van der Waals surface area contributed by atoms with Gasteiger partial charge in [-0.2, -0.15) is 0 Å². The number of hydrogen-bond acceptors (Lipinski definition) is 1. The summed E-state index contributed by atoms with van der Waals surface area (Å²) in [5, 5.41) is 0. The van der Waals surface area contributed by atoms with E-state index in [0.717, 1.165) is 11.8 Å². The van der Waals surface area contributed by atoms with Gasteiger partial charge in [0.2, 0.25) is 0 Å². The Morgan fingerprint density at radius 1 is 0.960 bits per heavy atom. The SMILES string of the molecule is CCCCCCCC(CC)c1ccc(CCN2CCC(C)CC2)cc1. The minimum atomic E-state index is 0.763. The zero-order chi connectivity index (χ0) is 17.9. The summed E-state index contributed by atoms with van der Waals surface area (Å²) in [5.41, 5.74) is 3.08. The maximum Gasteiger partial charge on any atom is 0.00218 e. The van der Waals surface area contributed by atoms with Gasteiger partial charge in [0.05, 0.1) is 0 Å². The summed E-state index contributed by atoms with van der Waals surface area (Å²) < 4.78 is 0. The fourth-order valence-electron chi connectivity index (χ4n) is 4.13. The molecule has 0 aliphatic carbocycles. The van der Waals surface area contributed by atoms with Crippen molar-refractivity contribution < 1.29 is 0 Å². The molecular formula is C24H41N. The molecule has 1 aliphatic rings. The van der Waals surface area contributed by atoms with E-state index in [2.05, 4.69) is 49.9 Å². The van der Waals surface area contributed by atoms with Crippen molar-refractivity contribution in [3.8, 4) is 0 Å². The van der Waals surface area contributed by atoms with Crippen LogP contribution in [0.25, 0.3) is 0 Å². The van der Waals surface area contributed by atoms with E-state index in [1.165, 1.54) is 89.4 Å². The van der Waals surface area contributed by atoms with Crippen LogP contribution < -0.4 is 0 Å². The van der Waals surface area contributed by atoms with Gasteiger partial charge in [-0.1, -0.05) is 77.1 Å². The molecule has 2 rings (SSSR count). The Morgan fingerprint density at radius 3 is 2.28 bits per heavy atom. The molecule has 0 radical (unpaired) electrons. The van der Waals surface area contributed by atoms with Crippen LogP contribution in [0.15, 0.2) is 24.3 Å². The van der Waals surface area contributed by atoms with Crippen molar-refractivity contribution in [3.05, 3.63) is 35.4 Å². The number of benzene rings is 1. The average molecular weight is 344 g/mol. The zero-order valence-electron chi connectivity index (χ0n) is 17.1. The molecule has 0 aromatic heterocycles. The Hall–Kier alpha value is -0.820. The van der Waals surface area contributed by atoms with Gasteiger partial charge in [0, 0.05) is 6.54 Å². The number of unbranched alkanes of at least 4 members (excludes halogenated alkanes) is 4. The molecule has 1 unspecified atom stereocenters. The summed E-state index contributed by atoms with van der Waals surface area (Å²) in [7, 11) is 0. The Morgan fingerprint density at radius 2 is 1.64 bits per heavy atom. The van der Waals surface area contributed by atoms with Crippen LogP contribution in [0.4, 0.5) is 0 Å². The first-order valence-corrected chi connectivity index (χ1v) is 11.0. The summed E-state index contributed by atoms with van der Waals surface area (Å²) in [6, 6.07) is 9.60. The van der Waals surface area contributed by atoms with Crippen LogP contribution in [0.3, 0.4) is 0 Å². The molecule has 0 amide bonds. The molecule has 0 N–H and O–H groups in total. The fraction of sp³-hybridized carbons (Fsp3) is 0.750. The van der Waals surface area contributed by atoms with Crippen molar-refractivity contribution >= 4 is 0 Å². The zero-order valence-corrected chi connectivity index (χ0v) is 17.1. The minimum absolute atomic E-state index is 0.763. The summed E-state index contributed by atoms with van der Waals surface area (Å²) in [4.78, 5) is 2.65. The molecule has 1 atom stereocenters. The monoisotopic (exact) mass is 343 g/mol. The van der Waals surface area contributed by atoms with Crippen molar-refractivity contribution in [1.29, 1.82) is 0 Å². The summed E-state index contributed by atoms with van der Waals surface area (Å²) in [6.07, 6.45) is 13.6. The highest BCUT2D eigenvalue weighted by molar-refractivity contribution is 5.25. The van der Waals surface area contributed by atoms with Gasteiger partial charge in [-0.05, 0) is 68.2 Å². The Kier molecular flexibility index (Phi) is 9.61. The first-order chi connectivity index (χ1) is 12.2. The quantitative estimate of drug-likeness (QED) is 0.399. The predicted molar refractivity (Wildman–Crippen MR) is 111 cm³/mol. The molecule has 25 heavy (non-hydrogen) atoms. The van der Waals surface area contributed by atoms with E-state index in [0.29, 0.717) is 0 Å². The maximum absolute atomic E-state index is 2.65. The molecule has 1 heteroatoms. The Labute approximate surface area is 157 Å². The lowest BCUT2D eigenvalue weighted by atomic mass is 9.90. The van der Waals surface area contributed by atoms with Crippen LogP contribution in [0.2, 0.25) is 0 Å². The average Bonchev–Trinajstić information content (AvgIpc) is 2.65. The van der Waals surface area contributed by atoms with E-state index < -0.39 is 0 Å². The van der Waals surface area contributed by atoms with E-state index in [1.807, 2.05) is 0 Å². The largest absolute Gasteiger partial charge is 0.303 e. The van der Waals surface area contributed by atoms with E-state index >= 15 is 0 Å². The van der Waals surface area contributed by atoms with Crippen molar-refractivity contribution in [2.75, 3.05) is 19.6 Å². The van der Waals surface area contributed by atoms with Gasteiger partial charge in [0.15, 0.2) is 0 Å². The third-order valence-corrected chi connectivity index (χ3v) is 6.19. The second-order valence-corrected chi connectivity index (χ2v) is 8.32. The normalized spacial score (nSPS) is 17.7. The second kappa shape index (κ2) is 11.7. The summed E-state index contributed by atoms with van der Waals surface area (Å²) in [6.45, 7) is 10.9. The number of nitrogens with zero attached hydrogens (tertiary/aromatic N) is 1. The summed E-state index contributed by atoms with van der Waals surface area (Å²) in [5.74, 6) is 1.70. The molecule has 142 valence electrons. The highest BCUT2D eigenvalue weighted by Crippen LogP contribution is 2.26. The molecule has 1 heterocycles. The maximum atomic E-state index is 2.65. The first kappa shape index (κ1) is 20.5. The van der Waals surface area contributed by atoms with Crippen LogP contribution in [0.5, 0.6) is 0 Å². The van der Waals surface area contributed by atoms with Crippen molar-refractivity contribution in [3.63, 3.8) is 0 Å². The minimum Gasteiger partial charge on any atom is -0.303 e. The second-order valence-electron chi connectivity index (χ2n) is 8.32. The molecule has 1 aromatic carbocycles. The van der Waals surface area contributed by atoms with E-state index in [1.54, 1.807) is 5.56 Å². The molecule has 1 nitrogen and oxygen atoms in total. The van der Waals surface area contributed by atoms with Crippen molar-refractivity contribution in [1.82, 2.24) is 4.90 Å². The lowest BCUT2D eigenvalue weighted by Gasteiger charge is -2.30. The number of likely N-dealkylation sites (tertiary alicyclic amines) is 1. The number of piperidine rings is 1. The van der Waals surface area contributed by atoms with Crippen LogP contribution >= 0.6 is 0 Å². The fourth-order valence-corrected chi connectivity index (χ4v) is 4.13. The van der Waals surface area contributed by atoms with Gasteiger partial charge in [-0.25, -0.2) is 0 Å². The molecule has 0 spiro atoms. The lowest BCUT2D eigenvalue weighted by Crippen LogP contribution is -2.34. The topological polar surface area (TPSA) is 3.24 Å². The third-order valence-electron chi connectivity index (χ3n) is 6.19. The van der Waals surface area contributed by atoms with Gasteiger partial charge >= 0.3 is 0 Å². The number of hydrogen-bond donors (Lipinski definition) is 0. The third kappa shape index (κ3) is 7.52. The van der Waals surface area contributed by atoms with Crippen LogP contribution in [0, 0.1) is 5.92 Å². The van der Waals surface area contributed by atoms with Gasteiger partial charge < -0.3 is 4.90 Å². The van der Waals surface area contributed by atoms with Gasteiger partial charge in [0.1, 0.15) is 0 Å². The molecule has 0 saturated carbocycles. The Balaban J connectivity index is 1.73. The van der Waals surface area contributed by atoms with Crippen LogP contribution in [-0.4, -0.2) is 24.5 Å². The molecule has 1 fully saturated rings. The molecule has 1 saturated heterocycles. The van der Waals surface area contributed by atoms with E-state index in [9.17, 15) is 0 Å². The number of rotatable bonds is 11. The van der Waals surface area contributed by atoms with Crippen LogP contribution in [-0.2, 0) is 6.42 Å².